The van der Waals surface area contributed by atoms with Gasteiger partial charge in [-0.05, 0) is 36.8 Å². The molecular formula is C22H22F3N3O5. The molecule has 8 nitrogen and oxygen atoms in total. The average Bonchev–Trinajstić information content (AvgIpc) is 2.78. The van der Waals surface area contributed by atoms with Gasteiger partial charge < -0.3 is 30.4 Å². The predicted molar refractivity (Wildman–Crippen MR) is 114 cm³/mol. The van der Waals surface area contributed by atoms with E-state index in [-0.39, 0.29) is 16.5 Å². The van der Waals surface area contributed by atoms with E-state index in [9.17, 15) is 33.3 Å². The Labute approximate surface area is 185 Å². The van der Waals surface area contributed by atoms with Gasteiger partial charge in [-0.3, -0.25) is 9.78 Å². The number of H-pyrrole nitrogens is 1. The highest BCUT2D eigenvalue weighted by Crippen LogP contribution is 2.40. The molecule has 0 amide bonds. The van der Waals surface area contributed by atoms with Crippen molar-refractivity contribution in [2.75, 3.05) is 11.9 Å². The molecule has 11 heteroatoms. The molecule has 1 aliphatic heterocycles. The van der Waals surface area contributed by atoms with Crippen LogP contribution < -0.4 is 10.9 Å². The van der Waals surface area contributed by atoms with E-state index in [1.165, 1.54) is 42.7 Å². The van der Waals surface area contributed by atoms with Crippen molar-refractivity contribution in [3.05, 3.63) is 58.6 Å². The standard InChI is InChI=1S/C22H22F3N3O5/c1-10-18(20(31)19(30)15(9-29)33-10)27-12-2-3-13-14(8-12)28-21(32)16(17(13)22(23,24)25)11-4-6-26-7-5-11/h2-8,10,15,18-20,27,29-31H,9H2,1H3,(H,28,32). The molecule has 1 fully saturated rings. The summed E-state index contributed by atoms with van der Waals surface area (Å²) in [5.41, 5.74) is -2.13. The van der Waals surface area contributed by atoms with Gasteiger partial charge >= 0.3 is 6.18 Å². The number of ether oxygens (including phenoxy) is 1. The zero-order chi connectivity index (χ0) is 23.9. The van der Waals surface area contributed by atoms with Gasteiger partial charge in [0, 0.05) is 23.5 Å². The molecule has 33 heavy (non-hydrogen) atoms. The van der Waals surface area contributed by atoms with Crippen molar-refractivity contribution in [1.29, 1.82) is 0 Å². The molecule has 5 atom stereocenters. The van der Waals surface area contributed by atoms with Gasteiger partial charge in [0.2, 0.25) is 0 Å². The van der Waals surface area contributed by atoms with Gasteiger partial charge in [0.05, 0.1) is 35.4 Å². The van der Waals surface area contributed by atoms with Crippen LogP contribution in [0.15, 0.2) is 47.5 Å². The lowest BCUT2D eigenvalue weighted by Gasteiger charge is -2.41. The summed E-state index contributed by atoms with van der Waals surface area (Å²) >= 11 is 0. The number of benzene rings is 1. The smallest absolute Gasteiger partial charge is 0.394 e. The lowest BCUT2D eigenvalue weighted by atomic mass is 9.93. The topological polar surface area (TPSA) is 128 Å². The van der Waals surface area contributed by atoms with Crippen LogP contribution in [-0.4, -0.2) is 62.4 Å². The van der Waals surface area contributed by atoms with Crippen LogP contribution in [0.3, 0.4) is 0 Å². The molecule has 5 N–H and O–H groups in total. The van der Waals surface area contributed by atoms with Crippen LogP contribution in [0.5, 0.6) is 0 Å². The first kappa shape index (κ1) is 23.2. The number of pyridine rings is 2. The minimum Gasteiger partial charge on any atom is -0.394 e. The number of halogens is 3. The third-order valence-electron chi connectivity index (χ3n) is 5.77. The van der Waals surface area contributed by atoms with Gasteiger partial charge in [-0.2, -0.15) is 13.2 Å². The van der Waals surface area contributed by atoms with Gasteiger partial charge in [0.1, 0.15) is 18.3 Å². The third-order valence-corrected chi connectivity index (χ3v) is 5.77. The van der Waals surface area contributed by atoms with E-state index in [0.29, 0.717) is 5.69 Å². The first-order chi connectivity index (χ1) is 15.6. The van der Waals surface area contributed by atoms with Gasteiger partial charge in [-0.1, -0.05) is 6.07 Å². The molecule has 0 bridgehead atoms. The zero-order valence-electron chi connectivity index (χ0n) is 17.4. The van der Waals surface area contributed by atoms with Crippen molar-refractivity contribution in [2.24, 2.45) is 0 Å². The molecule has 1 aliphatic rings. The first-order valence-corrected chi connectivity index (χ1v) is 10.2. The molecule has 1 saturated heterocycles. The second kappa shape index (κ2) is 8.75. The summed E-state index contributed by atoms with van der Waals surface area (Å²) in [6.45, 7) is 1.15. The highest BCUT2D eigenvalue weighted by Gasteiger charge is 2.42. The number of aliphatic hydroxyl groups excluding tert-OH is 3. The summed E-state index contributed by atoms with van der Waals surface area (Å²) in [6.07, 6.45) is -6.44. The summed E-state index contributed by atoms with van der Waals surface area (Å²) in [4.78, 5) is 19.0. The molecule has 176 valence electrons. The zero-order valence-corrected chi connectivity index (χ0v) is 17.4. The summed E-state index contributed by atoms with van der Waals surface area (Å²) < 4.78 is 47.7. The van der Waals surface area contributed by atoms with E-state index in [2.05, 4.69) is 15.3 Å². The summed E-state index contributed by atoms with van der Waals surface area (Å²) in [5, 5.41) is 32.6. The molecule has 0 spiro atoms. The number of alkyl halides is 3. The van der Waals surface area contributed by atoms with E-state index < -0.39 is 59.9 Å². The van der Waals surface area contributed by atoms with E-state index >= 15 is 0 Å². The largest absolute Gasteiger partial charge is 0.417 e. The molecule has 5 unspecified atom stereocenters. The molecule has 3 aromatic rings. The molecule has 2 aromatic heterocycles. The second-order valence-corrected chi connectivity index (χ2v) is 7.91. The van der Waals surface area contributed by atoms with Crippen molar-refractivity contribution < 1.29 is 33.2 Å². The number of aliphatic hydroxyl groups is 3. The van der Waals surface area contributed by atoms with Crippen molar-refractivity contribution >= 4 is 16.6 Å². The lowest BCUT2D eigenvalue weighted by Crippen LogP contribution is -2.60. The summed E-state index contributed by atoms with van der Waals surface area (Å²) in [6, 6.07) is 5.79. The van der Waals surface area contributed by atoms with E-state index in [4.69, 9.17) is 4.74 Å². The van der Waals surface area contributed by atoms with Crippen molar-refractivity contribution in [1.82, 2.24) is 9.97 Å². The van der Waals surface area contributed by atoms with E-state index in [1.807, 2.05) is 0 Å². The van der Waals surface area contributed by atoms with Crippen molar-refractivity contribution in [3.8, 4) is 11.1 Å². The van der Waals surface area contributed by atoms with Crippen molar-refractivity contribution in [2.45, 2.75) is 43.6 Å². The fourth-order valence-electron chi connectivity index (χ4n) is 4.17. The van der Waals surface area contributed by atoms with Gasteiger partial charge in [0.25, 0.3) is 5.56 Å². The fourth-order valence-corrected chi connectivity index (χ4v) is 4.17. The first-order valence-electron chi connectivity index (χ1n) is 10.2. The number of nitrogens with one attached hydrogen (secondary N) is 2. The van der Waals surface area contributed by atoms with Crippen molar-refractivity contribution in [3.63, 3.8) is 0 Å². The van der Waals surface area contributed by atoms with Crippen LogP contribution >= 0.6 is 0 Å². The van der Waals surface area contributed by atoms with Crippen LogP contribution in [0.1, 0.15) is 12.5 Å². The van der Waals surface area contributed by atoms with Gasteiger partial charge in [-0.25, -0.2) is 0 Å². The number of aromatic amines is 1. The number of fused-ring (bicyclic) bond motifs is 1. The maximum atomic E-state index is 14.1. The fraction of sp³-hybridized carbons (Fsp3) is 0.364. The normalized spacial score (nSPS) is 25.8. The monoisotopic (exact) mass is 465 g/mol. The predicted octanol–water partition coefficient (Wildman–Crippen LogP) is 1.89. The number of hydrogen-bond acceptors (Lipinski definition) is 7. The van der Waals surface area contributed by atoms with E-state index in [0.717, 1.165) is 0 Å². The Balaban J connectivity index is 1.77. The molecular weight excluding hydrogens is 443 g/mol. The summed E-state index contributed by atoms with van der Waals surface area (Å²) in [5.74, 6) is 0. The minimum absolute atomic E-state index is 0.0530. The number of hydrogen-bond donors (Lipinski definition) is 5. The molecule has 0 saturated carbocycles. The lowest BCUT2D eigenvalue weighted by molar-refractivity contribution is -0.180. The summed E-state index contributed by atoms with van der Waals surface area (Å²) in [7, 11) is 0. The maximum absolute atomic E-state index is 14.1. The molecule has 4 rings (SSSR count). The highest BCUT2D eigenvalue weighted by atomic mass is 19.4. The van der Waals surface area contributed by atoms with Crippen LogP contribution in [0.4, 0.5) is 18.9 Å². The number of aromatic nitrogens is 2. The Morgan fingerprint density at radius 2 is 1.85 bits per heavy atom. The average molecular weight is 465 g/mol. The quantitative estimate of drug-likeness (QED) is 0.398. The Morgan fingerprint density at radius 1 is 1.15 bits per heavy atom. The highest BCUT2D eigenvalue weighted by molar-refractivity contribution is 5.91. The number of anilines is 1. The van der Waals surface area contributed by atoms with Crippen LogP contribution in [-0.2, 0) is 10.9 Å². The number of nitrogens with zero attached hydrogens (tertiary/aromatic N) is 1. The van der Waals surface area contributed by atoms with E-state index in [1.54, 1.807) is 6.92 Å². The third kappa shape index (κ3) is 4.32. The molecule has 1 aromatic carbocycles. The SMILES string of the molecule is CC1OC(CO)C(O)C(O)C1Nc1ccc2c(C(F)(F)F)c(-c3ccncc3)c(=O)[nH]c2c1. The van der Waals surface area contributed by atoms with Crippen LogP contribution in [0.25, 0.3) is 22.0 Å². The number of rotatable bonds is 4. The second-order valence-electron chi connectivity index (χ2n) is 7.91. The molecule has 3 heterocycles. The Hall–Kier alpha value is -2.99. The van der Waals surface area contributed by atoms with Crippen LogP contribution in [0.2, 0.25) is 0 Å². The Bertz CT molecular complexity index is 1200. The van der Waals surface area contributed by atoms with Gasteiger partial charge in [-0.15, -0.1) is 0 Å². The minimum atomic E-state index is -4.80. The Kier molecular flexibility index (Phi) is 6.14. The van der Waals surface area contributed by atoms with Crippen LogP contribution in [0, 0.1) is 0 Å². The Morgan fingerprint density at radius 3 is 2.48 bits per heavy atom. The molecule has 0 aliphatic carbocycles. The maximum Gasteiger partial charge on any atom is 0.417 e. The molecule has 0 radical (unpaired) electrons. The van der Waals surface area contributed by atoms with Gasteiger partial charge in [0.15, 0.2) is 0 Å².